The molecule has 0 saturated heterocycles. The summed E-state index contributed by atoms with van der Waals surface area (Å²) in [7, 11) is 0. The number of carbonyl (C=O) groups is 1. The fraction of sp³-hybridized carbons (Fsp3) is 0.200. The molecule has 6 N–H and O–H groups in total. The van der Waals surface area contributed by atoms with Gasteiger partial charge in [0.2, 0.25) is 0 Å². The molecule has 0 aromatic heterocycles. The first-order valence-corrected chi connectivity index (χ1v) is 8.49. The molecule has 28 heavy (non-hydrogen) atoms. The van der Waals surface area contributed by atoms with Gasteiger partial charge in [0.25, 0.3) is 0 Å². The van der Waals surface area contributed by atoms with Gasteiger partial charge in [-0.3, -0.25) is 4.99 Å². The van der Waals surface area contributed by atoms with Crippen molar-refractivity contribution >= 4 is 58.3 Å². The maximum Gasteiger partial charge on any atom is 0.328 e. The molecule has 0 amide bonds. The standard InChI is InChI=1S/C20H22N4O2.2ClH/c21-18(6-3-11-24-20(22)23)19(25)26-15-10-9-14-8-7-13-4-1-2-5-16(13)17(14)12-15;;/h1-2,4-5,7-10,12,18H,3,6,11,21H2,(H4,22,23,24);2*1H/t18-;;/m0../s1. The molecule has 8 heteroatoms. The Morgan fingerprint density at radius 3 is 2.32 bits per heavy atom. The molecule has 0 heterocycles. The molecule has 0 unspecified atom stereocenters. The average molecular weight is 423 g/mol. The summed E-state index contributed by atoms with van der Waals surface area (Å²) in [6.07, 6.45) is 1.06. The van der Waals surface area contributed by atoms with Gasteiger partial charge < -0.3 is 21.9 Å². The van der Waals surface area contributed by atoms with Crippen LogP contribution in [0.25, 0.3) is 21.5 Å². The van der Waals surface area contributed by atoms with Crippen molar-refractivity contribution in [3.63, 3.8) is 0 Å². The lowest BCUT2D eigenvalue weighted by Gasteiger charge is -2.12. The highest BCUT2D eigenvalue weighted by Crippen LogP contribution is 2.28. The Bertz CT molecular complexity index is 975. The van der Waals surface area contributed by atoms with E-state index >= 15 is 0 Å². The number of nitrogens with zero attached hydrogens (tertiary/aromatic N) is 1. The highest BCUT2D eigenvalue weighted by Gasteiger charge is 2.16. The number of halogens is 2. The zero-order valence-electron chi connectivity index (χ0n) is 15.2. The molecule has 6 nitrogen and oxygen atoms in total. The topological polar surface area (TPSA) is 117 Å². The summed E-state index contributed by atoms with van der Waals surface area (Å²) in [6, 6.07) is 17.1. The van der Waals surface area contributed by atoms with E-state index in [4.69, 9.17) is 21.9 Å². The van der Waals surface area contributed by atoms with E-state index in [1.807, 2.05) is 24.3 Å². The molecule has 0 aliphatic carbocycles. The van der Waals surface area contributed by atoms with Crippen LogP contribution in [-0.4, -0.2) is 24.5 Å². The van der Waals surface area contributed by atoms with Gasteiger partial charge in [0.15, 0.2) is 5.96 Å². The number of nitrogens with two attached hydrogens (primary N) is 3. The van der Waals surface area contributed by atoms with Gasteiger partial charge in [-0.05, 0) is 46.5 Å². The Balaban J connectivity index is 0.00000196. The number of benzene rings is 3. The number of esters is 1. The second kappa shape index (κ2) is 10.7. The Morgan fingerprint density at radius 1 is 0.964 bits per heavy atom. The second-order valence-corrected chi connectivity index (χ2v) is 6.15. The van der Waals surface area contributed by atoms with E-state index in [0.717, 1.165) is 21.5 Å². The normalized spacial score (nSPS) is 11.2. The SMILES string of the molecule is Cl.Cl.NC(N)=NCCC[C@H](N)C(=O)Oc1ccc2ccc3ccccc3c2c1. The van der Waals surface area contributed by atoms with Gasteiger partial charge in [0.05, 0.1) is 0 Å². The fourth-order valence-electron chi connectivity index (χ4n) is 2.87. The van der Waals surface area contributed by atoms with E-state index in [1.54, 1.807) is 6.07 Å². The first-order valence-electron chi connectivity index (χ1n) is 8.49. The van der Waals surface area contributed by atoms with Crippen LogP contribution < -0.4 is 21.9 Å². The Hall–Kier alpha value is -2.54. The predicted molar refractivity (Wildman–Crippen MR) is 119 cm³/mol. The van der Waals surface area contributed by atoms with Crippen molar-refractivity contribution in [2.75, 3.05) is 6.54 Å². The number of guanidine groups is 1. The molecule has 0 bridgehead atoms. The third kappa shape index (κ3) is 5.73. The Kier molecular flexibility index (Phi) is 8.99. The van der Waals surface area contributed by atoms with Crippen molar-refractivity contribution in [2.24, 2.45) is 22.2 Å². The summed E-state index contributed by atoms with van der Waals surface area (Å²) in [5, 5.41) is 4.38. The van der Waals surface area contributed by atoms with Crippen LogP contribution in [0.4, 0.5) is 0 Å². The van der Waals surface area contributed by atoms with Gasteiger partial charge in [0, 0.05) is 6.54 Å². The van der Waals surface area contributed by atoms with E-state index in [1.165, 1.54) is 0 Å². The number of ether oxygens (including phenoxy) is 1. The number of carbonyl (C=O) groups excluding carboxylic acids is 1. The highest BCUT2D eigenvalue weighted by atomic mass is 35.5. The molecule has 0 spiro atoms. The van der Waals surface area contributed by atoms with E-state index in [-0.39, 0.29) is 30.8 Å². The first-order chi connectivity index (χ1) is 12.5. The molecule has 0 aliphatic rings. The third-order valence-electron chi connectivity index (χ3n) is 4.21. The van der Waals surface area contributed by atoms with Crippen molar-refractivity contribution < 1.29 is 9.53 Å². The summed E-state index contributed by atoms with van der Waals surface area (Å²) in [6.45, 7) is 0.436. The van der Waals surface area contributed by atoms with Gasteiger partial charge in [-0.15, -0.1) is 24.8 Å². The number of hydrogen-bond acceptors (Lipinski definition) is 4. The van der Waals surface area contributed by atoms with Crippen LogP contribution in [0.15, 0.2) is 59.6 Å². The van der Waals surface area contributed by atoms with Crippen LogP contribution in [0.1, 0.15) is 12.8 Å². The number of rotatable bonds is 6. The molecule has 1 atom stereocenters. The second-order valence-electron chi connectivity index (χ2n) is 6.15. The van der Waals surface area contributed by atoms with Crippen molar-refractivity contribution in [1.82, 2.24) is 0 Å². The zero-order chi connectivity index (χ0) is 18.5. The minimum atomic E-state index is -0.715. The summed E-state index contributed by atoms with van der Waals surface area (Å²) in [5.74, 6) is 0.0531. The minimum absolute atomic E-state index is 0. The van der Waals surface area contributed by atoms with Crippen LogP contribution in [0.2, 0.25) is 0 Å². The summed E-state index contributed by atoms with van der Waals surface area (Å²) in [4.78, 5) is 16.1. The zero-order valence-corrected chi connectivity index (χ0v) is 16.8. The van der Waals surface area contributed by atoms with Crippen LogP contribution in [0.3, 0.4) is 0 Å². The van der Waals surface area contributed by atoms with Gasteiger partial charge in [-0.2, -0.15) is 0 Å². The minimum Gasteiger partial charge on any atom is -0.425 e. The molecule has 0 radical (unpaired) electrons. The third-order valence-corrected chi connectivity index (χ3v) is 4.21. The van der Waals surface area contributed by atoms with E-state index in [9.17, 15) is 4.79 Å². The molecule has 3 rings (SSSR count). The van der Waals surface area contributed by atoms with Gasteiger partial charge >= 0.3 is 5.97 Å². The lowest BCUT2D eigenvalue weighted by Crippen LogP contribution is -2.34. The fourth-order valence-corrected chi connectivity index (χ4v) is 2.87. The first kappa shape index (κ1) is 23.5. The van der Waals surface area contributed by atoms with Crippen LogP contribution in [0.5, 0.6) is 5.75 Å². The number of fused-ring (bicyclic) bond motifs is 3. The Morgan fingerprint density at radius 2 is 1.61 bits per heavy atom. The molecular weight excluding hydrogens is 399 g/mol. The monoisotopic (exact) mass is 422 g/mol. The smallest absolute Gasteiger partial charge is 0.328 e. The summed E-state index contributed by atoms with van der Waals surface area (Å²) in [5.41, 5.74) is 16.4. The quantitative estimate of drug-likeness (QED) is 0.141. The van der Waals surface area contributed by atoms with Gasteiger partial charge in [-0.25, -0.2) is 4.79 Å². The van der Waals surface area contributed by atoms with Crippen LogP contribution in [-0.2, 0) is 4.79 Å². The maximum absolute atomic E-state index is 12.2. The summed E-state index contributed by atoms with van der Waals surface area (Å²) < 4.78 is 5.46. The van der Waals surface area contributed by atoms with Crippen molar-refractivity contribution in [3.8, 4) is 5.75 Å². The molecule has 3 aromatic carbocycles. The van der Waals surface area contributed by atoms with Gasteiger partial charge in [0.1, 0.15) is 11.8 Å². The van der Waals surface area contributed by atoms with E-state index in [0.29, 0.717) is 25.1 Å². The maximum atomic E-state index is 12.2. The van der Waals surface area contributed by atoms with E-state index < -0.39 is 12.0 Å². The number of hydrogen-bond donors (Lipinski definition) is 3. The Labute approximate surface area is 175 Å². The average Bonchev–Trinajstić information content (AvgIpc) is 2.64. The number of aliphatic imine (C=N–C) groups is 1. The van der Waals surface area contributed by atoms with E-state index in [2.05, 4.69) is 29.3 Å². The van der Waals surface area contributed by atoms with Crippen LogP contribution in [0, 0.1) is 0 Å². The molecule has 0 saturated carbocycles. The molecule has 0 aliphatic heterocycles. The van der Waals surface area contributed by atoms with Crippen molar-refractivity contribution in [3.05, 3.63) is 54.6 Å². The predicted octanol–water partition coefficient (Wildman–Crippen LogP) is 3.12. The largest absolute Gasteiger partial charge is 0.425 e. The van der Waals surface area contributed by atoms with Crippen LogP contribution >= 0.6 is 24.8 Å². The molecule has 150 valence electrons. The lowest BCUT2D eigenvalue weighted by molar-refractivity contribution is -0.136. The molecule has 3 aromatic rings. The molecular formula is C20H24Cl2N4O2. The lowest BCUT2D eigenvalue weighted by atomic mass is 10.0. The summed E-state index contributed by atoms with van der Waals surface area (Å²) >= 11 is 0. The molecule has 0 fully saturated rings. The van der Waals surface area contributed by atoms with Crippen molar-refractivity contribution in [2.45, 2.75) is 18.9 Å². The highest BCUT2D eigenvalue weighted by molar-refractivity contribution is 6.08. The van der Waals surface area contributed by atoms with Crippen molar-refractivity contribution in [1.29, 1.82) is 0 Å². The van der Waals surface area contributed by atoms with Gasteiger partial charge in [-0.1, -0.05) is 42.5 Å².